The van der Waals surface area contributed by atoms with Crippen molar-refractivity contribution >= 4 is 11.3 Å². The highest BCUT2D eigenvalue weighted by atomic mass is 32.1. The molecular formula is C16H15FN4OS. The second kappa shape index (κ2) is 7.36. The van der Waals surface area contributed by atoms with Gasteiger partial charge in [-0.3, -0.25) is 0 Å². The van der Waals surface area contributed by atoms with Gasteiger partial charge in [-0.2, -0.15) is 0 Å². The SMILES string of the molecule is O[C@H](CNCc1csc(-c2ncccn2)n1)c1ccc(F)cc1. The van der Waals surface area contributed by atoms with Gasteiger partial charge < -0.3 is 10.4 Å². The van der Waals surface area contributed by atoms with Crippen LogP contribution in [0.3, 0.4) is 0 Å². The lowest BCUT2D eigenvalue weighted by Crippen LogP contribution is -2.21. The number of aliphatic hydroxyl groups excluding tert-OH is 1. The fourth-order valence-corrected chi connectivity index (χ4v) is 2.80. The number of aliphatic hydroxyl groups is 1. The third-order valence-corrected chi connectivity index (χ3v) is 4.09. The molecule has 0 spiro atoms. The summed E-state index contributed by atoms with van der Waals surface area (Å²) in [4.78, 5) is 12.8. The summed E-state index contributed by atoms with van der Waals surface area (Å²) in [6, 6.07) is 7.59. The van der Waals surface area contributed by atoms with Crippen molar-refractivity contribution in [2.45, 2.75) is 12.6 Å². The topological polar surface area (TPSA) is 70.9 Å². The molecule has 23 heavy (non-hydrogen) atoms. The minimum Gasteiger partial charge on any atom is -0.387 e. The molecule has 2 aromatic heterocycles. The van der Waals surface area contributed by atoms with E-state index >= 15 is 0 Å². The van der Waals surface area contributed by atoms with Crippen LogP contribution in [0.1, 0.15) is 17.4 Å². The molecule has 0 aliphatic rings. The zero-order valence-corrected chi connectivity index (χ0v) is 13.0. The molecule has 1 atom stereocenters. The Morgan fingerprint density at radius 1 is 1.17 bits per heavy atom. The van der Waals surface area contributed by atoms with Crippen molar-refractivity contribution in [1.29, 1.82) is 0 Å². The highest BCUT2D eigenvalue weighted by Gasteiger charge is 2.09. The summed E-state index contributed by atoms with van der Waals surface area (Å²) < 4.78 is 12.9. The molecule has 2 N–H and O–H groups in total. The van der Waals surface area contributed by atoms with Crippen molar-refractivity contribution < 1.29 is 9.50 Å². The normalized spacial score (nSPS) is 12.3. The molecule has 0 saturated carbocycles. The first-order valence-electron chi connectivity index (χ1n) is 7.08. The molecule has 1 aromatic carbocycles. The van der Waals surface area contributed by atoms with E-state index in [0.29, 0.717) is 24.5 Å². The number of aromatic nitrogens is 3. The molecule has 3 rings (SSSR count). The summed E-state index contributed by atoms with van der Waals surface area (Å²) in [5.74, 6) is 0.294. The first-order valence-corrected chi connectivity index (χ1v) is 7.96. The molecule has 0 bridgehead atoms. The molecule has 0 fully saturated rings. The van der Waals surface area contributed by atoms with Gasteiger partial charge >= 0.3 is 0 Å². The Kier molecular flexibility index (Phi) is 5.02. The van der Waals surface area contributed by atoms with Crippen molar-refractivity contribution in [2.24, 2.45) is 0 Å². The molecule has 0 saturated heterocycles. The Labute approximate surface area is 136 Å². The minimum absolute atomic E-state index is 0.313. The minimum atomic E-state index is -0.689. The zero-order valence-electron chi connectivity index (χ0n) is 12.2. The van der Waals surface area contributed by atoms with E-state index in [2.05, 4.69) is 20.3 Å². The van der Waals surface area contributed by atoms with Gasteiger partial charge in [0.1, 0.15) is 5.82 Å². The van der Waals surface area contributed by atoms with Gasteiger partial charge in [0.25, 0.3) is 0 Å². The van der Waals surface area contributed by atoms with E-state index in [9.17, 15) is 9.50 Å². The van der Waals surface area contributed by atoms with Crippen LogP contribution in [-0.4, -0.2) is 26.6 Å². The Morgan fingerprint density at radius 2 is 1.91 bits per heavy atom. The van der Waals surface area contributed by atoms with Gasteiger partial charge in [-0.1, -0.05) is 12.1 Å². The molecule has 3 aromatic rings. The van der Waals surface area contributed by atoms with Crippen molar-refractivity contribution in [2.75, 3.05) is 6.54 Å². The smallest absolute Gasteiger partial charge is 0.188 e. The van der Waals surface area contributed by atoms with E-state index < -0.39 is 6.10 Å². The van der Waals surface area contributed by atoms with Crippen LogP contribution in [0.15, 0.2) is 48.1 Å². The van der Waals surface area contributed by atoms with E-state index in [1.807, 2.05) is 5.38 Å². The van der Waals surface area contributed by atoms with E-state index in [4.69, 9.17) is 0 Å². The first-order chi connectivity index (χ1) is 11.2. The van der Waals surface area contributed by atoms with Gasteiger partial charge in [0.15, 0.2) is 10.8 Å². The third kappa shape index (κ3) is 4.16. The van der Waals surface area contributed by atoms with Crippen molar-refractivity contribution in [3.05, 3.63) is 65.2 Å². The first kappa shape index (κ1) is 15.7. The predicted molar refractivity (Wildman–Crippen MR) is 86.2 cm³/mol. The molecule has 2 heterocycles. The third-order valence-electron chi connectivity index (χ3n) is 3.21. The Balaban J connectivity index is 1.53. The van der Waals surface area contributed by atoms with E-state index in [0.717, 1.165) is 10.7 Å². The van der Waals surface area contributed by atoms with Crippen molar-refractivity contribution in [3.63, 3.8) is 0 Å². The lowest BCUT2D eigenvalue weighted by Gasteiger charge is -2.11. The maximum atomic E-state index is 12.9. The van der Waals surface area contributed by atoms with Crippen LogP contribution < -0.4 is 5.32 Å². The monoisotopic (exact) mass is 330 g/mol. The summed E-state index contributed by atoms with van der Waals surface area (Å²) in [5, 5.41) is 15.9. The second-order valence-electron chi connectivity index (χ2n) is 4.91. The summed E-state index contributed by atoms with van der Waals surface area (Å²) in [6.45, 7) is 0.891. The number of hydrogen-bond acceptors (Lipinski definition) is 6. The lowest BCUT2D eigenvalue weighted by molar-refractivity contribution is 0.174. The van der Waals surface area contributed by atoms with Crippen molar-refractivity contribution in [3.8, 4) is 10.8 Å². The number of benzene rings is 1. The summed E-state index contributed by atoms with van der Waals surface area (Å²) in [6.07, 6.45) is 2.67. The molecule has 118 valence electrons. The second-order valence-corrected chi connectivity index (χ2v) is 5.77. The molecule has 0 aliphatic carbocycles. The number of halogens is 1. The number of nitrogens with one attached hydrogen (secondary N) is 1. The average Bonchev–Trinajstić information content (AvgIpc) is 3.05. The fraction of sp³-hybridized carbons (Fsp3) is 0.188. The van der Waals surface area contributed by atoms with E-state index in [1.54, 1.807) is 30.6 Å². The summed E-state index contributed by atoms with van der Waals surface area (Å²) >= 11 is 1.48. The van der Waals surface area contributed by atoms with Gasteiger partial charge in [-0.15, -0.1) is 11.3 Å². The van der Waals surface area contributed by atoms with Crippen LogP contribution in [0.2, 0.25) is 0 Å². The standard InChI is InChI=1S/C16H15FN4OS/c17-12-4-2-11(3-5-12)14(22)9-18-8-13-10-23-16(21-13)15-19-6-1-7-20-15/h1-7,10,14,18,22H,8-9H2/t14-/m1/s1. The average molecular weight is 330 g/mol. The van der Waals surface area contributed by atoms with Gasteiger partial charge in [0.05, 0.1) is 11.8 Å². The zero-order chi connectivity index (χ0) is 16.1. The quantitative estimate of drug-likeness (QED) is 0.727. The number of hydrogen-bond donors (Lipinski definition) is 2. The molecule has 0 unspecified atom stereocenters. The van der Waals surface area contributed by atoms with E-state index in [1.165, 1.54) is 23.5 Å². The molecule has 5 nitrogen and oxygen atoms in total. The molecule has 0 radical (unpaired) electrons. The lowest BCUT2D eigenvalue weighted by atomic mass is 10.1. The van der Waals surface area contributed by atoms with Gasteiger partial charge in [-0.05, 0) is 23.8 Å². The fourth-order valence-electron chi connectivity index (χ4n) is 2.04. The summed E-state index contributed by atoms with van der Waals surface area (Å²) in [7, 11) is 0. The maximum Gasteiger partial charge on any atom is 0.188 e. The number of nitrogens with zero attached hydrogens (tertiary/aromatic N) is 3. The summed E-state index contributed by atoms with van der Waals surface area (Å²) in [5.41, 5.74) is 1.54. The number of thiazole rings is 1. The van der Waals surface area contributed by atoms with Crippen LogP contribution in [0.5, 0.6) is 0 Å². The molecule has 0 aliphatic heterocycles. The van der Waals surface area contributed by atoms with Crippen LogP contribution in [0.4, 0.5) is 4.39 Å². The van der Waals surface area contributed by atoms with Gasteiger partial charge in [-0.25, -0.2) is 19.3 Å². The van der Waals surface area contributed by atoms with Crippen LogP contribution >= 0.6 is 11.3 Å². The molecule has 0 amide bonds. The predicted octanol–water partition coefficient (Wildman–Crippen LogP) is 2.56. The van der Waals surface area contributed by atoms with Crippen LogP contribution in [0.25, 0.3) is 10.8 Å². The van der Waals surface area contributed by atoms with Gasteiger partial charge in [0.2, 0.25) is 0 Å². The maximum absolute atomic E-state index is 12.9. The Morgan fingerprint density at radius 3 is 2.65 bits per heavy atom. The van der Waals surface area contributed by atoms with Crippen LogP contribution in [-0.2, 0) is 6.54 Å². The largest absolute Gasteiger partial charge is 0.387 e. The highest BCUT2D eigenvalue weighted by molar-refractivity contribution is 7.13. The Bertz CT molecular complexity index is 748. The molecular weight excluding hydrogens is 315 g/mol. The highest BCUT2D eigenvalue weighted by Crippen LogP contribution is 2.19. The van der Waals surface area contributed by atoms with Crippen LogP contribution in [0, 0.1) is 5.82 Å². The molecule has 7 heteroatoms. The number of rotatable bonds is 6. The van der Waals surface area contributed by atoms with Crippen molar-refractivity contribution in [1.82, 2.24) is 20.3 Å². The van der Waals surface area contributed by atoms with E-state index in [-0.39, 0.29) is 5.82 Å². The Hall–Kier alpha value is -2.22. The van der Waals surface area contributed by atoms with Gasteiger partial charge in [0, 0.05) is 30.9 Å².